The van der Waals surface area contributed by atoms with E-state index in [0.29, 0.717) is 30.1 Å². The minimum atomic E-state index is -0.0214. The van der Waals surface area contributed by atoms with Crippen LogP contribution in [0.4, 0.5) is 5.82 Å². The second kappa shape index (κ2) is 6.52. The molecule has 0 atom stereocenters. The van der Waals surface area contributed by atoms with Crippen molar-refractivity contribution in [1.29, 1.82) is 5.26 Å². The smallest absolute Gasteiger partial charge is 0.254 e. The maximum absolute atomic E-state index is 12.6. The number of hydrogen-bond donors (Lipinski definition) is 0. The third-order valence-electron chi connectivity index (χ3n) is 4.80. The molecular formula is C19H19N5O. The fourth-order valence-electron chi connectivity index (χ4n) is 3.14. The first-order valence-electron chi connectivity index (χ1n) is 8.62. The van der Waals surface area contributed by atoms with Crippen LogP contribution in [0.3, 0.4) is 0 Å². The number of nitrogens with zero attached hydrogens (tertiary/aromatic N) is 5. The van der Waals surface area contributed by atoms with Gasteiger partial charge in [-0.3, -0.25) is 4.79 Å². The maximum Gasteiger partial charge on any atom is 0.254 e. The van der Waals surface area contributed by atoms with E-state index in [2.05, 4.69) is 27.2 Å². The summed E-state index contributed by atoms with van der Waals surface area (Å²) in [5.74, 6) is 1.47. The first kappa shape index (κ1) is 15.6. The van der Waals surface area contributed by atoms with Crippen molar-refractivity contribution < 1.29 is 4.79 Å². The number of amides is 1. The van der Waals surface area contributed by atoms with Gasteiger partial charge >= 0.3 is 0 Å². The van der Waals surface area contributed by atoms with E-state index >= 15 is 0 Å². The predicted molar refractivity (Wildman–Crippen MR) is 93.3 cm³/mol. The Bertz CT molecular complexity index is 814. The van der Waals surface area contributed by atoms with Crippen LogP contribution in [0.15, 0.2) is 36.4 Å². The summed E-state index contributed by atoms with van der Waals surface area (Å²) >= 11 is 0. The first-order chi connectivity index (χ1) is 12.2. The number of hydrogen-bond acceptors (Lipinski definition) is 5. The number of nitriles is 1. The summed E-state index contributed by atoms with van der Waals surface area (Å²) in [4.78, 5) is 16.6. The summed E-state index contributed by atoms with van der Waals surface area (Å²) in [6.07, 6.45) is 2.45. The monoisotopic (exact) mass is 333 g/mol. The molecule has 0 N–H and O–H groups in total. The molecule has 25 heavy (non-hydrogen) atoms. The molecule has 0 radical (unpaired) electrons. The van der Waals surface area contributed by atoms with Crippen LogP contribution in [0.5, 0.6) is 0 Å². The Hall–Kier alpha value is -2.94. The van der Waals surface area contributed by atoms with Gasteiger partial charge in [0.25, 0.3) is 5.91 Å². The van der Waals surface area contributed by atoms with E-state index in [1.54, 1.807) is 24.3 Å². The molecule has 4 rings (SSSR count). The summed E-state index contributed by atoms with van der Waals surface area (Å²) in [6.45, 7) is 2.76. The molecule has 1 saturated heterocycles. The summed E-state index contributed by atoms with van der Waals surface area (Å²) < 4.78 is 0. The Labute approximate surface area is 146 Å². The van der Waals surface area contributed by atoms with Crippen LogP contribution >= 0.6 is 0 Å². The fourth-order valence-corrected chi connectivity index (χ4v) is 3.14. The third-order valence-corrected chi connectivity index (χ3v) is 4.80. The number of carbonyl (C=O) groups excluding carboxylic acids is 1. The summed E-state index contributed by atoms with van der Waals surface area (Å²) in [6, 6.07) is 13.1. The molecular weight excluding hydrogens is 314 g/mol. The van der Waals surface area contributed by atoms with Crippen LogP contribution in [-0.2, 0) is 0 Å². The first-order valence-corrected chi connectivity index (χ1v) is 8.62. The van der Waals surface area contributed by atoms with Gasteiger partial charge in [0.2, 0.25) is 0 Å². The Balaban J connectivity index is 1.38. The molecule has 6 nitrogen and oxygen atoms in total. The van der Waals surface area contributed by atoms with Crippen LogP contribution in [-0.4, -0.2) is 47.2 Å². The molecule has 1 aromatic carbocycles. The van der Waals surface area contributed by atoms with Crippen molar-refractivity contribution >= 4 is 11.7 Å². The maximum atomic E-state index is 12.6. The van der Waals surface area contributed by atoms with Gasteiger partial charge < -0.3 is 9.80 Å². The van der Waals surface area contributed by atoms with Crippen molar-refractivity contribution in [2.24, 2.45) is 0 Å². The van der Waals surface area contributed by atoms with Crippen LogP contribution < -0.4 is 4.90 Å². The minimum absolute atomic E-state index is 0.0214. The number of aromatic nitrogens is 2. The minimum Gasteiger partial charge on any atom is -0.352 e. The topological polar surface area (TPSA) is 73.1 Å². The Morgan fingerprint density at radius 3 is 2.52 bits per heavy atom. The highest BCUT2D eigenvalue weighted by atomic mass is 16.2. The van der Waals surface area contributed by atoms with Crippen molar-refractivity contribution in [3.8, 4) is 6.07 Å². The van der Waals surface area contributed by atoms with Gasteiger partial charge in [-0.15, -0.1) is 5.10 Å². The molecule has 1 saturated carbocycles. The van der Waals surface area contributed by atoms with E-state index in [9.17, 15) is 4.79 Å². The molecule has 1 aliphatic carbocycles. The van der Waals surface area contributed by atoms with Crippen LogP contribution in [0.2, 0.25) is 0 Å². The number of anilines is 1. The van der Waals surface area contributed by atoms with Crippen molar-refractivity contribution in [2.45, 2.75) is 18.8 Å². The van der Waals surface area contributed by atoms with Crippen molar-refractivity contribution in [2.75, 3.05) is 31.1 Å². The number of rotatable bonds is 3. The molecule has 0 spiro atoms. The normalized spacial score (nSPS) is 17.2. The third kappa shape index (κ3) is 3.31. The Morgan fingerprint density at radius 2 is 1.88 bits per heavy atom. The Morgan fingerprint density at radius 1 is 1.08 bits per heavy atom. The molecule has 1 amide bonds. The number of benzene rings is 1. The zero-order valence-corrected chi connectivity index (χ0v) is 13.9. The zero-order chi connectivity index (χ0) is 17.2. The van der Waals surface area contributed by atoms with Gasteiger partial charge in [0.15, 0.2) is 5.82 Å². The van der Waals surface area contributed by atoms with Crippen LogP contribution in [0.25, 0.3) is 0 Å². The lowest BCUT2D eigenvalue weighted by Gasteiger charge is -2.35. The fraction of sp³-hybridized carbons (Fsp3) is 0.368. The Kier molecular flexibility index (Phi) is 4.06. The molecule has 126 valence electrons. The lowest BCUT2D eigenvalue weighted by atomic mass is 10.1. The molecule has 0 unspecified atom stereocenters. The van der Waals surface area contributed by atoms with Crippen molar-refractivity contribution in [3.05, 3.63) is 53.2 Å². The molecule has 2 aliphatic rings. The molecule has 0 bridgehead atoms. The highest BCUT2D eigenvalue weighted by molar-refractivity contribution is 5.94. The van der Waals surface area contributed by atoms with Crippen LogP contribution in [0, 0.1) is 11.3 Å². The largest absolute Gasteiger partial charge is 0.352 e. The lowest BCUT2D eigenvalue weighted by Crippen LogP contribution is -2.49. The summed E-state index contributed by atoms with van der Waals surface area (Å²) in [5, 5.41) is 17.7. The molecule has 2 aromatic rings. The van der Waals surface area contributed by atoms with E-state index in [-0.39, 0.29) is 5.91 Å². The molecule has 2 fully saturated rings. The molecule has 1 aromatic heterocycles. The van der Waals surface area contributed by atoms with E-state index in [1.165, 1.54) is 12.8 Å². The van der Waals surface area contributed by atoms with Gasteiger partial charge in [0.05, 0.1) is 17.3 Å². The number of carbonyl (C=O) groups is 1. The SMILES string of the molecule is N#Cc1cccc(C(=O)N2CCN(c3ccc(C4CC4)nn3)CC2)c1. The van der Waals surface area contributed by atoms with Gasteiger partial charge in [0, 0.05) is 37.7 Å². The van der Waals surface area contributed by atoms with E-state index in [4.69, 9.17) is 5.26 Å². The zero-order valence-electron chi connectivity index (χ0n) is 13.9. The second-order valence-electron chi connectivity index (χ2n) is 6.56. The van der Waals surface area contributed by atoms with Crippen molar-refractivity contribution in [1.82, 2.24) is 15.1 Å². The molecule has 2 heterocycles. The predicted octanol–water partition coefficient (Wildman–Crippen LogP) is 2.19. The lowest BCUT2D eigenvalue weighted by molar-refractivity contribution is 0.0746. The highest BCUT2D eigenvalue weighted by Gasteiger charge is 2.26. The van der Waals surface area contributed by atoms with Crippen LogP contribution in [0.1, 0.15) is 40.4 Å². The van der Waals surface area contributed by atoms with Gasteiger partial charge in [0.1, 0.15) is 0 Å². The quantitative estimate of drug-likeness (QED) is 0.861. The van der Waals surface area contributed by atoms with Gasteiger partial charge in [-0.25, -0.2) is 0 Å². The highest BCUT2D eigenvalue weighted by Crippen LogP contribution is 2.38. The van der Waals surface area contributed by atoms with Gasteiger partial charge in [-0.2, -0.15) is 10.4 Å². The van der Waals surface area contributed by atoms with Gasteiger partial charge in [-0.05, 0) is 43.2 Å². The van der Waals surface area contributed by atoms with E-state index < -0.39 is 0 Å². The molecule has 1 aliphatic heterocycles. The summed E-state index contributed by atoms with van der Waals surface area (Å²) in [7, 11) is 0. The molecule has 6 heteroatoms. The second-order valence-corrected chi connectivity index (χ2v) is 6.56. The van der Waals surface area contributed by atoms with E-state index in [1.807, 2.05) is 11.0 Å². The summed E-state index contributed by atoms with van der Waals surface area (Å²) in [5.41, 5.74) is 2.17. The van der Waals surface area contributed by atoms with Gasteiger partial charge in [-0.1, -0.05) is 6.07 Å². The average Bonchev–Trinajstić information content (AvgIpc) is 3.53. The van der Waals surface area contributed by atoms with E-state index in [0.717, 1.165) is 24.6 Å². The number of piperazine rings is 1. The standard InChI is InChI=1S/C19H19N5O/c20-13-14-2-1-3-16(12-14)19(25)24-10-8-23(9-11-24)18-7-6-17(21-22-18)15-4-5-15/h1-3,6-7,12,15H,4-5,8-11H2. The van der Waals surface area contributed by atoms with Crippen molar-refractivity contribution in [3.63, 3.8) is 0 Å². The average molecular weight is 333 g/mol.